The summed E-state index contributed by atoms with van der Waals surface area (Å²) in [6.07, 6.45) is 13.7. The zero-order chi connectivity index (χ0) is 44.8. The minimum atomic E-state index is -0.767. The van der Waals surface area contributed by atoms with Crippen LogP contribution in [0.5, 0.6) is 11.5 Å². The van der Waals surface area contributed by atoms with E-state index >= 15 is 0 Å². The van der Waals surface area contributed by atoms with E-state index in [1.165, 1.54) is 47.6 Å². The van der Waals surface area contributed by atoms with Gasteiger partial charge in [0.25, 0.3) is 0 Å². The number of carboxylic acids is 2. The van der Waals surface area contributed by atoms with Crippen molar-refractivity contribution >= 4 is 35.3 Å². The molecule has 0 heterocycles. The van der Waals surface area contributed by atoms with E-state index in [2.05, 4.69) is 12.1 Å². The van der Waals surface area contributed by atoms with Crippen molar-refractivity contribution in [2.24, 2.45) is 0 Å². The number of phenolic OH excluding ortho intramolecular Hbond substituents is 2. The number of nitrogens with two attached hydrogens (primary N) is 2. The first-order valence-electron chi connectivity index (χ1n) is 21.7. The normalized spacial score (nSPS) is 19.3. The first kappa shape index (κ1) is 47.0. The number of esters is 2. The largest absolute Gasteiger partial charge is 0.508 e. The maximum absolute atomic E-state index is 11.3. The number of fused-ring (bicyclic) bond motifs is 4. The zero-order valence-corrected chi connectivity index (χ0v) is 35.9. The highest BCUT2D eigenvalue weighted by Gasteiger charge is 2.26. The Morgan fingerprint density at radius 2 is 0.774 bits per heavy atom. The molecule has 62 heavy (non-hydrogen) atoms. The molecular weight excluding hydrogens is 789 g/mol. The summed E-state index contributed by atoms with van der Waals surface area (Å²) in [6.45, 7) is 0. The smallest absolute Gasteiger partial charge is 0.306 e. The minimum absolute atomic E-state index is 0.0679. The molecular formula is C50H62N2O10. The Morgan fingerprint density at radius 3 is 1.08 bits per heavy atom. The van der Waals surface area contributed by atoms with Crippen molar-refractivity contribution in [3.8, 4) is 11.5 Å². The highest BCUT2D eigenvalue weighted by Crippen LogP contribution is 2.39. The Bertz CT molecular complexity index is 2030. The van der Waals surface area contributed by atoms with Crippen LogP contribution in [-0.2, 0) is 54.3 Å². The van der Waals surface area contributed by atoms with Crippen LogP contribution in [0.1, 0.15) is 145 Å². The Hall–Kier alpha value is -6.04. The van der Waals surface area contributed by atoms with Gasteiger partial charge in [-0.2, -0.15) is 0 Å². The van der Waals surface area contributed by atoms with Crippen molar-refractivity contribution in [3.05, 3.63) is 117 Å². The maximum Gasteiger partial charge on any atom is 0.306 e. The quantitative estimate of drug-likeness (QED) is 0.0722. The number of carbonyl (C=O) groups excluding carboxylic acids is 2. The molecule has 4 aliphatic carbocycles. The van der Waals surface area contributed by atoms with Gasteiger partial charge in [-0.15, -0.1) is 0 Å². The fourth-order valence-corrected chi connectivity index (χ4v) is 9.44. The average molecular weight is 851 g/mol. The third-order valence-electron chi connectivity index (χ3n) is 12.5. The second-order valence-corrected chi connectivity index (χ2v) is 16.8. The molecule has 0 fully saturated rings. The number of nitrogen functional groups attached to an aromatic ring is 2. The molecule has 0 bridgehead atoms. The van der Waals surface area contributed by atoms with Gasteiger partial charge in [-0.1, -0.05) is 24.3 Å². The van der Waals surface area contributed by atoms with Gasteiger partial charge in [-0.3, -0.25) is 19.2 Å². The van der Waals surface area contributed by atoms with E-state index in [0.29, 0.717) is 12.8 Å². The van der Waals surface area contributed by atoms with Gasteiger partial charge < -0.3 is 41.4 Å². The van der Waals surface area contributed by atoms with E-state index in [-0.39, 0.29) is 60.0 Å². The molecule has 4 aromatic carbocycles. The first-order valence-corrected chi connectivity index (χ1v) is 21.7. The minimum Gasteiger partial charge on any atom is -0.508 e. The monoisotopic (exact) mass is 850 g/mol. The Morgan fingerprint density at radius 1 is 0.484 bits per heavy atom. The summed E-state index contributed by atoms with van der Waals surface area (Å²) in [4.78, 5) is 44.0. The number of aromatic hydroxyl groups is 2. The van der Waals surface area contributed by atoms with Crippen LogP contribution >= 0.6 is 0 Å². The molecule has 4 aliphatic rings. The van der Waals surface area contributed by atoms with Gasteiger partial charge in [0.2, 0.25) is 0 Å². The predicted octanol–water partition coefficient (Wildman–Crippen LogP) is 9.08. The molecule has 0 amide bonds. The number of aryl methyl sites for hydroxylation is 4. The molecule has 0 unspecified atom stereocenters. The van der Waals surface area contributed by atoms with Crippen LogP contribution in [0, 0.1) is 0 Å². The van der Waals surface area contributed by atoms with Gasteiger partial charge in [0, 0.05) is 11.4 Å². The number of carbonyl (C=O) groups is 4. The molecule has 332 valence electrons. The molecule has 0 aliphatic heterocycles. The number of rotatable bonds is 8. The van der Waals surface area contributed by atoms with Crippen molar-refractivity contribution in [2.75, 3.05) is 25.7 Å². The molecule has 8 rings (SSSR count). The van der Waals surface area contributed by atoms with Gasteiger partial charge in [-0.25, -0.2) is 0 Å². The highest BCUT2D eigenvalue weighted by atomic mass is 16.5. The Labute approximate surface area is 364 Å². The molecule has 4 aromatic rings. The Balaban J connectivity index is 0.000000156. The summed E-state index contributed by atoms with van der Waals surface area (Å²) in [5.74, 6) is -0.666. The van der Waals surface area contributed by atoms with Crippen molar-refractivity contribution in [3.63, 3.8) is 0 Å². The van der Waals surface area contributed by atoms with Crippen molar-refractivity contribution in [1.82, 2.24) is 0 Å². The fourth-order valence-electron chi connectivity index (χ4n) is 9.44. The average Bonchev–Trinajstić information content (AvgIpc) is 3.25. The lowest BCUT2D eigenvalue weighted by Gasteiger charge is -2.25. The van der Waals surface area contributed by atoms with Crippen LogP contribution in [0.3, 0.4) is 0 Å². The van der Waals surface area contributed by atoms with E-state index in [1.54, 1.807) is 24.3 Å². The second-order valence-electron chi connectivity index (χ2n) is 16.8. The van der Waals surface area contributed by atoms with E-state index in [9.17, 15) is 29.4 Å². The lowest BCUT2D eigenvalue weighted by atomic mass is 9.81. The number of benzene rings is 4. The standard InChI is InChI=1S/2C13H17NO2.2C12H14O3/c2*1-16-13(15)7-10-4-2-3-9-5-6-11(14)8-12(9)10;2*13-10-5-4-8-2-1-3-9(6-12(14)15)11(8)7-10/h2*5-6,8,10H,2-4,7,14H2,1H3;2*4-5,7,9,13H,1-3,6H2,(H,14,15)/t2*10-;2*9-/m1010/s1. The van der Waals surface area contributed by atoms with Crippen molar-refractivity contribution in [2.45, 2.75) is 126 Å². The van der Waals surface area contributed by atoms with Crippen molar-refractivity contribution < 1.29 is 49.1 Å². The summed E-state index contributed by atoms with van der Waals surface area (Å²) in [6, 6.07) is 22.6. The van der Waals surface area contributed by atoms with Gasteiger partial charge >= 0.3 is 23.9 Å². The van der Waals surface area contributed by atoms with Crippen LogP contribution in [0.15, 0.2) is 72.8 Å². The topological polar surface area (TPSA) is 220 Å². The number of hydrogen-bond acceptors (Lipinski definition) is 10. The van der Waals surface area contributed by atoms with Crippen LogP contribution in [0.2, 0.25) is 0 Å². The highest BCUT2D eigenvalue weighted by molar-refractivity contribution is 5.71. The number of hydrogen-bond donors (Lipinski definition) is 6. The molecule has 12 nitrogen and oxygen atoms in total. The van der Waals surface area contributed by atoms with E-state index in [4.69, 9.17) is 31.2 Å². The molecule has 0 spiro atoms. The predicted molar refractivity (Wildman–Crippen MR) is 238 cm³/mol. The van der Waals surface area contributed by atoms with Crippen molar-refractivity contribution in [1.29, 1.82) is 0 Å². The van der Waals surface area contributed by atoms with Gasteiger partial charge in [0.1, 0.15) is 11.5 Å². The number of phenols is 2. The lowest BCUT2D eigenvalue weighted by molar-refractivity contribution is -0.142. The van der Waals surface area contributed by atoms with E-state index in [1.807, 2.05) is 36.4 Å². The molecule has 0 saturated carbocycles. The summed E-state index contributed by atoms with van der Waals surface area (Å²) in [5, 5.41) is 36.4. The van der Waals surface area contributed by atoms with E-state index in [0.717, 1.165) is 99.6 Å². The number of aliphatic carboxylic acids is 2. The van der Waals surface area contributed by atoms with Crippen LogP contribution in [0.25, 0.3) is 0 Å². The third kappa shape index (κ3) is 13.5. The zero-order valence-electron chi connectivity index (χ0n) is 35.9. The maximum atomic E-state index is 11.3. The molecule has 4 atom stereocenters. The first-order chi connectivity index (χ1) is 29.7. The molecule has 0 aromatic heterocycles. The molecule has 12 heteroatoms. The Kier molecular flexibility index (Phi) is 17.2. The summed E-state index contributed by atoms with van der Waals surface area (Å²) in [7, 11) is 2.87. The summed E-state index contributed by atoms with van der Waals surface area (Å²) >= 11 is 0. The molecule has 0 saturated heterocycles. The van der Waals surface area contributed by atoms with Crippen LogP contribution in [0.4, 0.5) is 11.4 Å². The number of anilines is 2. The van der Waals surface area contributed by atoms with E-state index < -0.39 is 11.9 Å². The third-order valence-corrected chi connectivity index (χ3v) is 12.5. The molecule has 8 N–H and O–H groups in total. The van der Waals surface area contributed by atoms with Gasteiger partial charge in [0.05, 0.1) is 39.9 Å². The number of carboxylic acid groups (broad SMARTS) is 2. The second kappa shape index (κ2) is 22.7. The van der Waals surface area contributed by atoms with Crippen LogP contribution in [-0.4, -0.2) is 58.5 Å². The van der Waals surface area contributed by atoms with Gasteiger partial charge in [0.15, 0.2) is 0 Å². The SMILES string of the molecule is COC(=O)C[C@@H]1CCCc2ccc(N)cc21.COC(=O)C[C@H]1CCCc2ccc(N)cc21.O=C(O)C[C@@H]1CCCc2ccc(O)cc21.O=C(O)C[C@H]1CCCc2ccc(O)cc21. The van der Waals surface area contributed by atoms with Crippen LogP contribution < -0.4 is 11.5 Å². The summed E-state index contributed by atoms with van der Waals surface area (Å²) < 4.78 is 9.46. The lowest BCUT2D eigenvalue weighted by Crippen LogP contribution is -2.15. The fraction of sp³-hybridized carbons (Fsp3) is 0.440. The molecule has 0 radical (unpaired) electrons. The number of methoxy groups -OCH3 is 2. The number of ether oxygens (including phenoxy) is 2. The van der Waals surface area contributed by atoms with Gasteiger partial charge in [-0.05, 0) is 194 Å². The summed E-state index contributed by atoms with van der Waals surface area (Å²) in [5.41, 5.74) is 22.7.